The van der Waals surface area contributed by atoms with E-state index in [4.69, 9.17) is 0 Å². The predicted molar refractivity (Wildman–Crippen MR) is 133 cm³/mol. The molecule has 0 fully saturated rings. The third-order valence-electron chi connectivity index (χ3n) is 5.56. The number of aliphatic hydroxyl groups is 1. The van der Waals surface area contributed by atoms with Gasteiger partial charge in [0.2, 0.25) is 0 Å². The molecular weight excluding hydrogens is 511 g/mol. The molecule has 4 aromatic rings. The summed E-state index contributed by atoms with van der Waals surface area (Å²) in [4.78, 5) is 5.45. The van der Waals surface area contributed by atoms with Crippen molar-refractivity contribution in [3.8, 4) is 26.8 Å². The molecule has 11 heteroatoms. The van der Waals surface area contributed by atoms with Gasteiger partial charge in [-0.05, 0) is 75.7 Å². The first-order chi connectivity index (χ1) is 16.7. The first-order valence-electron chi connectivity index (χ1n) is 11.0. The highest BCUT2D eigenvalue weighted by molar-refractivity contribution is 7.92. The molecule has 1 N–H and O–H groups in total. The van der Waals surface area contributed by atoms with Crippen LogP contribution in [-0.4, -0.2) is 33.5 Å². The summed E-state index contributed by atoms with van der Waals surface area (Å²) >= 11 is 1.27. The lowest BCUT2D eigenvalue weighted by atomic mass is 10.1. The fourth-order valence-electron chi connectivity index (χ4n) is 3.53. The van der Waals surface area contributed by atoms with Gasteiger partial charge < -0.3 is 5.11 Å². The molecule has 1 aromatic carbocycles. The lowest BCUT2D eigenvalue weighted by Crippen LogP contribution is -2.18. The SMILES string of the molecule is CC(C)S(=O)(=O)c1cccc(-c2ccc(-c3cc(C(C)(C)O)nn3-c3ncccc3C(F)(F)F)s2)c1. The summed E-state index contributed by atoms with van der Waals surface area (Å²) in [6.45, 7) is 6.21. The Morgan fingerprint density at radius 3 is 2.33 bits per heavy atom. The van der Waals surface area contributed by atoms with Gasteiger partial charge in [-0.25, -0.2) is 18.1 Å². The maximum atomic E-state index is 13.7. The van der Waals surface area contributed by atoms with Crippen molar-refractivity contribution in [2.45, 2.75) is 49.6 Å². The third kappa shape index (κ3) is 4.95. The fourth-order valence-corrected chi connectivity index (χ4v) is 5.64. The Kier molecular flexibility index (Phi) is 6.61. The Labute approximate surface area is 211 Å². The number of sulfone groups is 1. The number of hydrogen-bond acceptors (Lipinski definition) is 6. The van der Waals surface area contributed by atoms with Crippen molar-refractivity contribution in [1.29, 1.82) is 0 Å². The summed E-state index contributed by atoms with van der Waals surface area (Å²) in [5, 5.41) is 14.2. The van der Waals surface area contributed by atoms with E-state index in [0.29, 0.717) is 16.1 Å². The van der Waals surface area contributed by atoms with Gasteiger partial charge in [0.25, 0.3) is 0 Å². The van der Waals surface area contributed by atoms with Crippen molar-refractivity contribution in [3.05, 3.63) is 72.1 Å². The highest BCUT2D eigenvalue weighted by atomic mass is 32.2. The van der Waals surface area contributed by atoms with E-state index >= 15 is 0 Å². The van der Waals surface area contributed by atoms with Gasteiger partial charge in [-0.3, -0.25) is 0 Å². The van der Waals surface area contributed by atoms with Crippen molar-refractivity contribution < 1.29 is 26.7 Å². The van der Waals surface area contributed by atoms with Gasteiger partial charge in [0.15, 0.2) is 15.7 Å². The van der Waals surface area contributed by atoms with Crippen LogP contribution in [0.1, 0.15) is 39.0 Å². The van der Waals surface area contributed by atoms with Crippen molar-refractivity contribution in [1.82, 2.24) is 14.8 Å². The molecule has 0 aliphatic rings. The Hall–Kier alpha value is -3.02. The Bertz CT molecular complexity index is 1520. The first-order valence-corrected chi connectivity index (χ1v) is 13.4. The van der Waals surface area contributed by atoms with Gasteiger partial charge in [0.1, 0.15) is 11.2 Å². The minimum atomic E-state index is -4.66. The van der Waals surface area contributed by atoms with Crippen LogP contribution in [0.4, 0.5) is 13.2 Å². The molecule has 0 amide bonds. The van der Waals surface area contributed by atoms with E-state index in [1.807, 2.05) is 0 Å². The van der Waals surface area contributed by atoms with E-state index in [9.17, 15) is 26.7 Å². The minimum absolute atomic E-state index is 0.177. The fraction of sp³-hybridized carbons (Fsp3) is 0.280. The predicted octanol–water partition coefficient (Wildman–Crippen LogP) is 6.09. The lowest BCUT2D eigenvalue weighted by molar-refractivity contribution is -0.137. The monoisotopic (exact) mass is 535 g/mol. The van der Waals surface area contributed by atoms with Crippen LogP contribution in [0.5, 0.6) is 0 Å². The van der Waals surface area contributed by atoms with Crippen molar-refractivity contribution in [2.75, 3.05) is 0 Å². The molecule has 4 rings (SSSR count). The van der Waals surface area contributed by atoms with E-state index in [1.54, 1.807) is 44.2 Å². The molecule has 36 heavy (non-hydrogen) atoms. The van der Waals surface area contributed by atoms with Gasteiger partial charge in [-0.2, -0.15) is 18.3 Å². The Morgan fingerprint density at radius 2 is 1.69 bits per heavy atom. The van der Waals surface area contributed by atoms with E-state index in [-0.39, 0.29) is 10.6 Å². The Balaban J connectivity index is 1.86. The van der Waals surface area contributed by atoms with Crippen molar-refractivity contribution >= 4 is 21.2 Å². The number of aromatic nitrogens is 3. The van der Waals surface area contributed by atoms with Crippen LogP contribution in [-0.2, 0) is 21.6 Å². The summed E-state index contributed by atoms with van der Waals surface area (Å²) in [6.07, 6.45) is -3.41. The normalized spacial score (nSPS) is 12.9. The van der Waals surface area contributed by atoms with Crippen LogP contribution in [0.2, 0.25) is 0 Å². The molecule has 0 bridgehead atoms. The standard InChI is InChI=1S/C25H24F3N3O3S2/c1-15(2)36(33,34)17-8-5-7-16(13-17)20-10-11-21(35-20)19-14-22(24(3,4)32)30-31(19)23-18(25(26,27)28)9-6-12-29-23/h5-15,32H,1-4H3. The average molecular weight is 536 g/mol. The summed E-state index contributed by atoms with van der Waals surface area (Å²) in [5.41, 5.74) is -1.21. The van der Waals surface area contributed by atoms with Gasteiger partial charge in [0, 0.05) is 11.1 Å². The zero-order valence-corrected chi connectivity index (χ0v) is 21.5. The number of nitrogens with zero attached hydrogens (tertiary/aromatic N) is 3. The lowest BCUT2D eigenvalue weighted by Gasteiger charge is -2.14. The highest BCUT2D eigenvalue weighted by Crippen LogP contribution is 2.39. The van der Waals surface area contributed by atoms with Gasteiger partial charge in [-0.1, -0.05) is 12.1 Å². The van der Waals surface area contributed by atoms with Crippen LogP contribution >= 0.6 is 11.3 Å². The zero-order chi connectivity index (χ0) is 26.5. The number of thiophene rings is 1. The number of pyridine rings is 1. The van der Waals surface area contributed by atoms with Crippen LogP contribution in [0.25, 0.3) is 26.8 Å². The summed E-state index contributed by atoms with van der Waals surface area (Å²) in [6, 6.07) is 13.7. The Morgan fingerprint density at radius 1 is 1.00 bits per heavy atom. The molecule has 0 saturated carbocycles. The van der Waals surface area contributed by atoms with Crippen LogP contribution in [0.3, 0.4) is 0 Å². The van der Waals surface area contributed by atoms with Crippen LogP contribution in [0, 0.1) is 0 Å². The molecular formula is C25H24F3N3O3S2. The average Bonchev–Trinajstić information content (AvgIpc) is 3.46. The molecule has 0 aliphatic carbocycles. The third-order valence-corrected chi connectivity index (χ3v) is 8.86. The number of halogens is 3. The molecule has 0 atom stereocenters. The van der Waals surface area contributed by atoms with Gasteiger partial charge in [0.05, 0.1) is 26.4 Å². The summed E-state index contributed by atoms with van der Waals surface area (Å²) < 4.78 is 67.6. The quantitative estimate of drug-likeness (QED) is 0.323. The van der Waals surface area contributed by atoms with Crippen LogP contribution in [0.15, 0.2) is 65.7 Å². The summed E-state index contributed by atoms with van der Waals surface area (Å²) in [7, 11) is -3.48. The molecule has 3 aromatic heterocycles. The highest BCUT2D eigenvalue weighted by Gasteiger charge is 2.36. The molecule has 0 unspecified atom stereocenters. The maximum Gasteiger partial charge on any atom is 0.420 e. The van der Waals surface area contributed by atoms with E-state index in [0.717, 1.165) is 15.6 Å². The van der Waals surface area contributed by atoms with E-state index in [2.05, 4.69) is 10.1 Å². The van der Waals surface area contributed by atoms with Gasteiger partial charge >= 0.3 is 6.18 Å². The second-order valence-corrected chi connectivity index (χ2v) is 12.6. The van der Waals surface area contributed by atoms with Crippen molar-refractivity contribution in [3.63, 3.8) is 0 Å². The zero-order valence-electron chi connectivity index (χ0n) is 19.9. The van der Waals surface area contributed by atoms with Crippen molar-refractivity contribution in [2.24, 2.45) is 0 Å². The second kappa shape index (κ2) is 9.13. The molecule has 0 saturated heterocycles. The largest absolute Gasteiger partial charge is 0.420 e. The van der Waals surface area contributed by atoms with Crippen LogP contribution < -0.4 is 0 Å². The number of benzene rings is 1. The maximum absolute atomic E-state index is 13.7. The van der Waals surface area contributed by atoms with Gasteiger partial charge in [-0.15, -0.1) is 11.3 Å². The smallest absolute Gasteiger partial charge is 0.384 e. The number of rotatable bonds is 6. The molecule has 190 valence electrons. The van der Waals surface area contributed by atoms with E-state index < -0.39 is 38.2 Å². The molecule has 0 radical (unpaired) electrons. The summed E-state index contributed by atoms with van der Waals surface area (Å²) in [5.74, 6) is -0.407. The topological polar surface area (TPSA) is 85.1 Å². The molecule has 0 aliphatic heterocycles. The molecule has 6 nitrogen and oxygen atoms in total. The first kappa shape index (κ1) is 26.1. The van der Waals surface area contributed by atoms with E-state index in [1.165, 1.54) is 49.6 Å². The number of hydrogen-bond donors (Lipinski definition) is 1. The molecule has 0 spiro atoms. The second-order valence-electron chi connectivity index (χ2n) is 9.04. The molecule has 3 heterocycles. The number of alkyl halides is 3. The minimum Gasteiger partial charge on any atom is -0.384 e.